The molecule has 102 valence electrons. The summed E-state index contributed by atoms with van der Waals surface area (Å²) in [5.74, 6) is -0.301. The maximum atomic E-state index is 11.9. The highest BCUT2D eigenvalue weighted by Crippen LogP contribution is 2.35. The van der Waals surface area contributed by atoms with Crippen LogP contribution in [0.15, 0.2) is 0 Å². The molecule has 0 aromatic rings. The van der Waals surface area contributed by atoms with Crippen molar-refractivity contribution in [1.82, 2.24) is 5.32 Å². The lowest BCUT2D eigenvalue weighted by Crippen LogP contribution is -2.42. The number of nitrogens with one attached hydrogen (secondary N) is 1. The lowest BCUT2D eigenvalue weighted by atomic mass is 9.74. The maximum Gasteiger partial charge on any atom is 0.261 e. The van der Waals surface area contributed by atoms with Gasteiger partial charge in [0, 0.05) is 6.54 Å². The molecule has 1 fully saturated rings. The number of nitriles is 1. The second-order valence-electron chi connectivity index (χ2n) is 4.48. The molecule has 0 aromatic heterocycles. The van der Waals surface area contributed by atoms with Crippen molar-refractivity contribution in [2.45, 2.75) is 38.5 Å². The smallest absolute Gasteiger partial charge is 0.261 e. The number of rotatable bonds is 6. The maximum absolute atomic E-state index is 11.9. The topological polar surface area (TPSA) is 62.1 Å². The molecule has 0 heterocycles. The Morgan fingerprint density at radius 2 is 2.06 bits per heavy atom. The van der Waals surface area contributed by atoms with Crippen LogP contribution in [0.1, 0.15) is 32.1 Å². The fraction of sp³-hybridized carbons (Fsp3) is 0.833. The van der Waals surface area contributed by atoms with E-state index in [9.17, 15) is 13.6 Å². The minimum atomic E-state index is -2.50. The molecular weight excluding hydrogens is 242 g/mol. The van der Waals surface area contributed by atoms with Gasteiger partial charge in [0.2, 0.25) is 5.91 Å². The van der Waals surface area contributed by atoms with E-state index < -0.39 is 18.4 Å². The number of halogens is 2. The standard InChI is InChI=1S/C12H18F2N2O2/c13-10(14)8-18-7-6-16-11(17)12(9-15)4-2-1-3-5-12/h10H,1-8H2,(H,16,17). The van der Waals surface area contributed by atoms with Crippen molar-refractivity contribution in [1.29, 1.82) is 5.26 Å². The SMILES string of the molecule is N#CC1(C(=O)NCCOCC(F)F)CCCCC1. The van der Waals surface area contributed by atoms with E-state index in [-0.39, 0.29) is 19.1 Å². The van der Waals surface area contributed by atoms with Crippen molar-refractivity contribution < 1.29 is 18.3 Å². The van der Waals surface area contributed by atoms with Crippen LogP contribution in [0.5, 0.6) is 0 Å². The van der Waals surface area contributed by atoms with E-state index in [1.54, 1.807) is 0 Å². The Hall–Kier alpha value is -1.22. The quantitative estimate of drug-likeness (QED) is 0.741. The zero-order valence-corrected chi connectivity index (χ0v) is 10.3. The summed E-state index contributed by atoms with van der Waals surface area (Å²) in [5, 5.41) is 11.7. The summed E-state index contributed by atoms with van der Waals surface area (Å²) < 4.78 is 28.2. The number of carbonyl (C=O) groups is 1. The van der Waals surface area contributed by atoms with E-state index in [0.29, 0.717) is 12.8 Å². The summed E-state index contributed by atoms with van der Waals surface area (Å²) in [6, 6.07) is 2.10. The van der Waals surface area contributed by atoms with E-state index in [1.807, 2.05) is 0 Å². The van der Waals surface area contributed by atoms with Gasteiger partial charge in [-0.15, -0.1) is 0 Å². The molecule has 1 saturated carbocycles. The molecule has 1 rings (SSSR count). The van der Waals surface area contributed by atoms with Crippen LogP contribution >= 0.6 is 0 Å². The Labute approximate surface area is 105 Å². The third kappa shape index (κ3) is 4.22. The van der Waals surface area contributed by atoms with E-state index in [0.717, 1.165) is 19.3 Å². The molecule has 1 aliphatic carbocycles. The normalized spacial score (nSPS) is 18.3. The Bertz CT molecular complexity index is 310. The Morgan fingerprint density at radius 3 is 2.61 bits per heavy atom. The zero-order chi connectivity index (χ0) is 13.4. The van der Waals surface area contributed by atoms with Gasteiger partial charge in [-0.25, -0.2) is 8.78 Å². The second kappa shape index (κ2) is 7.27. The van der Waals surface area contributed by atoms with Crippen LogP contribution < -0.4 is 5.32 Å². The summed E-state index contributed by atoms with van der Waals surface area (Å²) in [6.07, 6.45) is 1.46. The first kappa shape index (κ1) is 14.8. The Kier molecular flexibility index (Phi) is 5.99. The van der Waals surface area contributed by atoms with Crippen LogP contribution in [0, 0.1) is 16.7 Å². The van der Waals surface area contributed by atoms with Crippen LogP contribution in [0.3, 0.4) is 0 Å². The first-order chi connectivity index (χ1) is 8.60. The first-order valence-electron chi connectivity index (χ1n) is 6.16. The molecule has 0 spiro atoms. The Balaban J connectivity index is 2.28. The predicted octanol–water partition coefficient (Wildman–Crippen LogP) is 1.86. The van der Waals surface area contributed by atoms with Crippen LogP contribution in [0.25, 0.3) is 0 Å². The zero-order valence-electron chi connectivity index (χ0n) is 10.3. The molecule has 1 amide bonds. The van der Waals surface area contributed by atoms with Gasteiger partial charge in [-0.05, 0) is 12.8 Å². The summed E-state index contributed by atoms with van der Waals surface area (Å²) in [4.78, 5) is 11.9. The average molecular weight is 260 g/mol. The van der Waals surface area contributed by atoms with Crippen molar-refractivity contribution in [2.24, 2.45) is 5.41 Å². The van der Waals surface area contributed by atoms with Gasteiger partial charge in [-0.3, -0.25) is 4.79 Å². The van der Waals surface area contributed by atoms with Gasteiger partial charge in [0.25, 0.3) is 6.43 Å². The fourth-order valence-corrected chi connectivity index (χ4v) is 2.12. The molecule has 1 aliphatic rings. The average Bonchev–Trinajstić information content (AvgIpc) is 2.38. The number of carbonyl (C=O) groups excluding carboxylic acids is 1. The summed E-state index contributed by atoms with van der Waals surface area (Å²) >= 11 is 0. The monoisotopic (exact) mass is 260 g/mol. The number of hydrogen-bond acceptors (Lipinski definition) is 3. The number of alkyl halides is 2. The number of ether oxygens (including phenoxy) is 1. The van der Waals surface area contributed by atoms with Crippen molar-refractivity contribution in [3.05, 3.63) is 0 Å². The minimum Gasteiger partial charge on any atom is -0.374 e. The lowest BCUT2D eigenvalue weighted by molar-refractivity contribution is -0.129. The van der Waals surface area contributed by atoms with Crippen molar-refractivity contribution in [3.63, 3.8) is 0 Å². The minimum absolute atomic E-state index is 0.0393. The van der Waals surface area contributed by atoms with Gasteiger partial charge >= 0.3 is 0 Å². The van der Waals surface area contributed by atoms with Crippen LogP contribution in [-0.4, -0.2) is 32.1 Å². The van der Waals surface area contributed by atoms with E-state index >= 15 is 0 Å². The number of hydrogen-bond donors (Lipinski definition) is 1. The third-order valence-electron chi connectivity index (χ3n) is 3.13. The van der Waals surface area contributed by atoms with Gasteiger partial charge in [-0.2, -0.15) is 5.26 Å². The molecule has 0 saturated heterocycles. The highest BCUT2D eigenvalue weighted by atomic mass is 19.3. The van der Waals surface area contributed by atoms with Crippen molar-refractivity contribution in [3.8, 4) is 6.07 Å². The van der Waals surface area contributed by atoms with Crippen molar-refractivity contribution in [2.75, 3.05) is 19.8 Å². The molecule has 4 nitrogen and oxygen atoms in total. The van der Waals surface area contributed by atoms with Crippen LogP contribution in [-0.2, 0) is 9.53 Å². The molecule has 0 bridgehead atoms. The van der Waals surface area contributed by atoms with E-state index in [4.69, 9.17) is 5.26 Å². The molecule has 0 aromatic carbocycles. The van der Waals surface area contributed by atoms with E-state index in [1.165, 1.54) is 0 Å². The van der Waals surface area contributed by atoms with Gasteiger partial charge in [0.1, 0.15) is 12.0 Å². The fourth-order valence-electron chi connectivity index (χ4n) is 2.12. The van der Waals surface area contributed by atoms with Crippen molar-refractivity contribution >= 4 is 5.91 Å². The lowest BCUT2D eigenvalue weighted by Gasteiger charge is -2.29. The molecule has 0 atom stereocenters. The van der Waals surface area contributed by atoms with E-state index in [2.05, 4.69) is 16.1 Å². The second-order valence-corrected chi connectivity index (χ2v) is 4.48. The van der Waals surface area contributed by atoms with Gasteiger partial charge in [0.15, 0.2) is 0 Å². The molecule has 18 heavy (non-hydrogen) atoms. The predicted molar refractivity (Wildman–Crippen MR) is 61.0 cm³/mol. The van der Waals surface area contributed by atoms with Gasteiger partial charge in [-0.1, -0.05) is 19.3 Å². The van der Waals surface area contributed by atoms with Gasteiger partial charge in [0.05, 0.1) is 12.7 Å². The highest BCUT2D eigenvalue weighted by Gasteiger charge is 2.39. The summed E-state index contributed by atoms with van der Waals surface area (Å²) in [5.41, 5.74) is -0.930. The molecule has 0 unspecified atom stereocenters. The third-order valence-corrected chi connectivity index (χ3v) is 3.13. The first-order valence-corrected chi connectivity index (χ1v) is 6.16. The molecule has 1 N–H and O–H groups in total. The molecular formula is C12H18F2N2O2. The number of amides is 1. The number of nitrogens with zero attached hydrogens (tertiary/aromatic N) is 1. The summed E-state index contributed by atoms with van der Waals surface area (Å²) in [7, 11) is 0. The molecule has 0 radical (unpaired) electrons. The molecule has 0 aliphatic heterocycles. The van der Waals surface area contributed by atoms with Crippen LogP contribution in [0.2, 0.25) is 0 Å². The largest absolute Gasteiger partial charge is 0.374 e. The Morgan fingerprint density at radius 1 is 1.39 bits per heavy atom. The van der Waals surface area contributed by atoms with Crippen LogP contribution in [0.4, 0.5) is 8.78 Å². The summed E-state index contributed by atoms with van der Waals surface area (Å²) in [6.45, 7) is -0.425. The molecule has 6 heteroatoms. The van der Waals surface area contributed by atoms with Gasteiger partial charge < -0.3 is 10.1 Å². The highest BCUT2D eigenvalue weighted by molar-refractivity contribution is 5.85.